The van der Waals surface area contributed by atoms with Crippen molar-refractivity contribution in [3.8, 4) is 17.2 Å². The molecular formula is C12H4F5N3. The number of aromatic nitrogens is 1. The van der Waals surface area contributed by atoms with E-state index in [1.165, 1.54) is 0 Å². The summed E-state index contributed by atoms with van der Waals surface area (Å²) in [7, 11) is 0. The van der Waals surface area contributed by atoms with E-state index in [9.17, 15) is 22.0 Å². The van der Waals surface area contributed by atoms with Crippen molar-refractivity contribution in [1.82, 2.24) is 4.98 Å². The second kappa shape index (κ2) is 4.77. The molecule has 1 heterocycles. The molecule has 3 nitrogen and oxygen atoms in total. The zero-order valence-corrected chi connectivity index (χ0v) is 9.52. The Hall–Kier alpha value is -2.69. The van der Waals surface area contributed by atoms with Gasteiger partial charge in [0.2, 0.25) is 5.82 Å². The highest BCUT2D eigenvalue weighted by atomic mass is 19.2. The lowest BCUT2D eigenvalue weighted by Gasteiger charge is -2.11. The molecule has 0 unspecified atom stereocenters. The van der Waals surface area contributed by atoms with Gasteiger partial charge < -0.3 is 5.73 Å². The quantitative estimate of drug-likeness (QED) is 0.498. The van der Waals surface area contributed by atoms with E-state index in [-0.39, 0.29) is 5.56 Å². The van der Waals surface area contributed by atoms with Gasteiger partial charge in [-0.2, -0.15) is 5.26 Å². The average molecular weight is 285 g/mol. The molecule has 0 bridgehead atoms. The fourth-order valence-corrected chi connectivity index (χ4v) is 1.66. The first-order valence-corrected chi connectivity index (χ1v) is 5.06. The maximum absolute atomic E-state index is 13.7. The number of nitrogens with zero attached hydrogens (tertiary/aromatic N) is 2. The van der Waals surface area contributed by atoms with E-state index in [4.69, 9.17) is 11.0 Å². The van der Waals surface area contributed by atoms with Gasteiger partial charge in [-0.1, -0.05) is 0 Å². The van der Waals surface area contributed by atoms with Crippen LogP contribution in [-0.4, -0.2) is 4.98 Å². The molecule has 0 radical (unpaired) electrons. The fourth-order valence-electron chi connectivity index (χ4n) is 1.66. The second-order valence-corrected chi connectivity index (χ2v) is 3.68. The van der Waals surface area contributed by atoms with Crippen LogP contribution < -0.4 is 5.73 Å². The van der Waals surface area contributed by atoms with Crippen LogP contribution in [0.3, 0.4) is 0 Å². The minimum Gasteiger partial charge on any atom is -0.383 e. The summed E-state index contributed by atoms with van der Waals surface area (Å²) in [5.74, 6) is -11.2. The minimum atomic E-state index is -2.29. The average Bonchev–Trinajstić information content (AvgIpc) is 2.44. The van der Waals surface area contributed by atoms with Gasteiger partial charge in [0.05, 0.1) is 17.2 Å². The molecule has 8 heteroatoms. The van der Waals surface area contributed by atoms with Gasteiger partial charge in [-0.05, 0) is 6.07 Å². The van der Waals surface area contributed by atoms with E-state index >= 15 is 0 Å². The molecule has 0 aliphatic heterocycles. The van der Waals surface area contributed by atoms with E-state index in [1.54, 1.807) is 6.07 Å². The number of pyridine rings is 1. The number of nitrogens with two attached hydrogens (primary N) is 1. The van der Waals surface area contributed by atoms with Crippen LogP contribution in [0.25, 0.3) is 11.1 Å². The molecule has 0 amide bonds. The minimum absolute atomic E-state index is 0.360. The Kier molecular flexibility index (Phi) is 3.28. The lowest BCUT2D eigenvalue weighted by Crippen LogP contribution is -2.07. The van der Waals surface area contributed by atoms with E-state index in [1.807, 2.05) is 0 Å². The van der Waals surface area contributed by atoms with E-state index < -0.39 is 46.0 Å². The number of rotatable bonds is 1. The fraction of sp³-hybridized carbons (Fsp3) is 0. The number of hydrogen-bond acceptors (Lipinski definition) is 3. The number of anilines is 1. The van der Waals surface area contributed by atoms with Gasteiger partial charge >= 0.3 is 0 Å². The normalized spacial score (nSPS) is 10.4. The van der Waals surface area contributed by atoms with Crippen LogP contribution in [0, 0.1) is 40.4 Å². The molecule has 0 aliphatic rings. The Balaban J connectivity index is 2.96. The Labute approximate surface area is 109 Å². The number of halogens is 5. The van der Waals surface area contributed by atoms with Crippen molar-refractivity contribution in [3.05, 3.63) is 46.9 Å². The Morgan fingerprint density at radius 2 is 1.40 bits per heavy atom. The monoisotopic (exact) mass is 285 g/mol. The van der Waals surface area contributed by atoms with Gasteiger partial charge in [0.1, 0.15) is 5.82 Å². The molecule has 102 valence electrons. The summed E-state index contributed by atoms with van der Waals surface area (Å²) < 4.78 is 66.6. The molecule has 0 spiro atoms. The van der Waals surface area contributed by atoms with Gasteiger partial charge in [0.15, 0.2) is 23.3 Å². The zero-order valence-electron chi connectivity index (χ0n) is 9.52. The van der Waals surface area contributed by atoms with Crippen molar-refractivity contribution >= 4 is 5.82 Å². The van der Waals surface area contributed by atoms with Crippen LogP contribution in [0.2, 0.25) is 0 Å². The zero-order chi connectivity index (χ0) is 15.0. The highest BCUT2D eigenvalue weighted by Crippen LogP contribution is 2.35. The van der Waals surface area contributed by atoms with Crippen molar-refractivity contribution in [2.45, 2.75) is 0 Å². The molecule has 2 aromatic rings. The van der Waals surface area contributed by atoms with Gasteiger partial charge in [-0.3, -0.25) is 0 Å². The third-order valence-corrected chi connectivity index (χ3v) is 2.56. The van der Waals surface area contributed by atoms with Crippen LogP contribution in [0.15, 0.2) is 12.3 Å². The molecule has 2 rings (SSSR count). The molecule has 20 heavy (non-hydrogen) atoms. The van der Waals surface area contributed by atoms with Crippen molar-refractivity contribution in [1.29, 1.82) is 5.26 Å². The SMILES string of the molecule is N#Cc1ccnc(N)c1-c1c(F)c(F)c(F)c(F)c1F. The third kappa shape index (κ3) is 1.84. The molecule has 1 aromatic heterocycles. The van der Waals surface area contributed by atoms with Crippen LogP contribution in [-0.2, 0) is 0 Å². The van der Waals surface area contributed by atoms with Crippen LogP contribution >= 0.6 is 0 Å². The van der Waals surface area contributed by atoms with Gasteiger partial charge in [-0.25, -0.2) is 26.9 Å². The van der Waals surface area contributed by atoms with Crippen molar-refractivity contribution < 1.29 is 22.0 Å². The van der Waals surface area contributed by atoms with E-state index in [2.05, 4.69) is 4.98 Å². The summed E-state index contributed by atoms with van der Waals surface area (Å²) in [5.41, 5.74) is 3.10. The summed E-state index contributed by atoms with van der Waals surface area (Å²) >= 11 is 0. The van der Waals surface area contributed by atoms with Crippen LogP contribution in [0.1, 0.15) is 5.56 Å². The number of nitriles is 1. The first-order chi connectivity index (χ1) is 9.40. The Morgan fingerprint density at radius 3 is 1.90 bits per heavy atom. The molecule has 2 N–H and O–H groups in total. The molecular weight excluding hydrogens is 281 g/mol. The summed E-state index contributed by atoms with van der Waals surface area (Å²) in [6.45, 7) is 0. The van der Waals surface area contributed by atoms with Crippen molar-refractivity contribution in [3.63, 3.8) is 0 Å². The van der Waals surface area contributed by atoms with E-state index in [0.29, 0.717) is 0 Å². The lowest BCUT2D eigenvalue weighted by molar-refractivity contribution is 0.381. The Bertz CT molecular complexity index is 723. The van der Waals surface area contributed by atoms with E-state index in [0.717, 1.165) is 12.3 Å². The Morgan fingerprint density at radius 1 is 0.900 bits per heavy atom. The standard InChI is InChI=1S/C12H4F5N3/c13-7-6(8(14)10(16)11(17)9(7)15)5-4(3-18)1-2-20-12(5)19/h1-2H,(H2,19,20). The predicted octanol–water partition coefficient (Wildman–Crippen LogP) is 2.90. The smallest absolute Gasteiger partial charge is 0.200 e. The summed E-state index contributed by atoms with van der Waals surface area (Å²) in [5, 5.41) is 8.84. The molecule has 0 aliphatic carbocycles. The third-order valence-electron chi connectivity index (χ3n) is 2.56. The molecule has 0 atom stereocenters. The van der Waals surface area contributed by atoms with Crippen LogP contribution in [0.5, 0.6) is 0 Å². The van der Waals surface area contributed by atoms with Gasteiger partial charge in [0.25, 0.3) is 0 Å². The van der Waals surface area contributed by atoms with Crippen LogP contribution in [0.4, 0.5) is 27.8 Å². The molecule has 0 fully saturated rings. The maximum Gasteiger partial charge on any atom is 0.200 e. The first-order valence-electron chi connectivity index (χ1n) is 5.06. The highest BCUT2D eigenvalue weighted by molar-refractivity contribution is 5.80. The summed E-state index contributed by atoms with van der Waals surface area (Å²) in [4.78, 5) is 3.48. The number of nitrogen functional groups attached to an aromatic ring is 1. The topological polar surface area (TPSA) is 62.7 Å². The lowest BCUT2D eigenvalue weighted by atomic mass is 9.99. The van der Waals surface area contributed by atoms with Gasteiger partial charge in [-0.15, -0.1) is 0 Å². The number of hydrogen-bond donors (Lipinski definition) is 1. The van der Waals surface area contributed by atoms with Gasteiger partial charge in [0, 0.05) is 11.8 Å². The maximum atomic E-state index is 13.7. The predicted molar refractivity (Wildman–Crippen MR) is 58.6 cm³/mol. The molecule has 1 aromatic carbocycles. The summed E-state index contributed by atoms with van der Waals surface area (Å²) in [6, 6.07) is 2.60. The first kappa shape index (κ1) is 13.7. The largest absolute Gasteiger partial charge is 0.383 e. The second-order valence-electron chi connectivity index (χ2n) is 3.68. The number of benzene rings is 1. The highest BCUT2D eigenvalue weighted by Gasteiger charge is 2.29. The van der Waals surface area contributed by atoms with Crippen molar-refractivity contribution in [2.75, 3.05) is 5.73 Å². The van der Waals surface area contributed by atoms with Crippen molar-refractivity contribution in [2.24, 2.45) is 0 Å². The molecule has 0 saturated heterocycles. The summed E-state index contributed by atoms with van der Waals surface area (Å²) in [6.07, 6.45) is 1.07. The molecule has 0 saturated carbocycles.